The fourth-order valence-corrected chi connectivity index (χ4v) is 2.80. The van der Waals surface area contributed by atoms with Crippen molar-refractivity contribution in [3.8, 4) is 5.75 Å². The van der Waals surface area contributed by atoms with E-state index in [4.69, 9.17) is 4.74 Å². The molecule has 126 valence electrons. The highest BCUT2D eigenvalue weighted by Crippen LogP contribution is 2.27. The molecule has 0 aromatic heterocycles. The van der Waals surface area contributed by atoms with Crippen molar-refractivity contribution in [1.29, 1.82) is 0 Å². The third kappa shape index (κ3) is 3.89. The van der Waals surface area contributed by atoms with Crippen LogP contribution in [0.25, 0.3) is 22.4 Å². The molecule has 0 aliphatic carbocycles. The molecule has 0 aliphatic heterocycles. The summed E-state index contributed by atoms with van der Waals surface area (Å²) in [6, 6.07) is 21.0. The molecule has 25 heavy (non-hydrogen) atoms. The zero-order valence-corrected chi connectivity index (χ0v) is 14.1. The highest BCUT2D eigenvalue weighted by Gasteiger charge is 2.13. The molecule has 0 atom stereocenters. The number of carbonyl (C=O) groups is 1. The summed E-state index contributed by atoms with van der Waals surface area (Å²) in [4.78, 5) is 11.9. The maximum atomic E-state index is 11.9. The lowest BCUT2D eigenvalue weighted by atomic mass is 9.96. The first-order chi connectivity index (χ1) is 12.2. The fourth-order valence-electron chi connectivity index (χ4n) is 2.80. The Balaban J connectivity index is 2.07. The molecule has 0 heterocycles. The number of carboxylic acid groups (broad SMARTS) is 1. The van der Waals surface area contributed by atoms with Gasteiger partial charge in [-0.1, -0.05) is 61.5 Å². The number of hydrogen-bond acceptors (Lipinski definition) is 2. The molecule has 0 unspecified atom stereocenters. The molecule has 0 fully saturated rings. The van der Waals surface area contributed by atoms with E-state index in [1.54, 1.807) is 6.08 Å². The lowest BCUT2D eigenvalue weighted by molar-refractivity contribution is -0.130. The van der Waals surface area contributed by atoms with Crippen LogP contribution in [0.2, 0.25) is 0 Å². The average Bonchev–Trinajstić information content (AvgIpc) is 2.64. The Hall–Kier alpha value is -3.07. The van der Waals surface area contributed by atoms with Crippen LogP contribution in [0.4, 0.5) is 0 Å². The quantitative estimate of drug-likeness (QED) is 0.495. The molecule has 3 rings (SSSR count). The summed E-state index contributed by atoms with van der Waals surface area (Å²) >= 11 is 0. The van der Waals surface area contributed by atoms with Crippen molar-refractivity contribution < 1.29 is 14.6 Å². The van der Waals surface area contributed by atoms with Crippen molar-refractivity contribution in [2.45, 2.75) is 13.3 Å². The van der Waals surface area contributed by atoms with Gasteiger partial charge in [-0.05, 0) is 46.5 Å². The highest BCUT2D eigenvalue weighted by atomic mass is 16.5. The minimum Gasteiger partial charge on any atom is -0.494 e. The van der Waals surface area contributed by atoms with Crippen molar-refractivity contribution in [2.75, 3.05) is 6.61 Å². The second-order valence-corrected chi connectivity index (χ2v) is 5.81. The second-order valence-electron chi connectivity index (χ2n) is 5.81. The van der Waals surface area contributed by atoms with E-state index in [-0.39, 0.29) is 5.57 Å². The van der Waals surface area contributed by atoms with E-state index in [0.717, 1.165) is 28.5 Å². The van der Waals surface area contributed by atoms with Crippen molar-refractivity contribution in [3.05, 3.63) is 77.9 Å². The molecule has 0 spiro atoms. The molecule has 0 saturated carbocycles. The molecule has 1 N–H and O–H groups in total. The van der Waals surface area contributed by atoms with Crippen LogP contribution in [0.3, 0.4) is 0 Å². The van der Waals surface area contributed by atoms with Crippen LogP contribution >= 0.6 is 0 Å². The Morgan fingerprint density at radius 2 is 1.80 bits per heavy atom. The van der Waals surface area contributed by atoms with E-state index in [1.807, 2.05) is 73.7 Å². The summed E-state index contributed by atoms with van der Waals surface area (Å²) in [6.07, 6.45) is 2.62. The van der Waals surface area contributed by atoms with Gasteiger partial charge in [0.2, 0.25) is 0 Å². The third-order valence-electron chi connectivity index (χ3n) is 3.95. The largest absolute Gasteiger partial charge is 0.494 e. The van der Waals surface area contributed by atoms with Gasteiger partial charge in [-0.15, -0.1) is 0 Å². The number of aliphatic carboxylic acids is 1. The van der Waals surface area contributed by atoms with Crippen LogP contribution < -0.4 is 4.74 Å². The summed E-state index contributed by atoms with van der Waals surface area (Å²) in [5, 5.41) is 11.7. The lowest BCUT2D eigenvalue weighted by Gasteiger charge is -2.09. The maximum absolute atomic E-state index is 11.9. The second kappa shape index (κ2) is 7.67. The molecular formula is C22H20O3. The predicted molar refractivity (Wildman–Crippen MR) is 102 cm³/mol. The molecule has 3 aromatic carbocycles. The zero-order valence-electron chi connectivity index (χ0n) is 14.1. The first kappa shape index (κ1) is 16.8. The number of rotatable bonds is 6. The number of fused-ring (bicyclic) bond motifs is 1. The van der Waals surface area contributed by atoms with Gasteiger partial charge < -0.3 is 9.84 Å². The molecule has 0 bridgehead atoms. The molecule has 3 nitrogen and oxygen atoms in total. The topological polar surface area (TPSA) is 46.5 Å². The summed E-state index contributed by atoms with van der Waals surface area (Å²) in [6.45, 7) is 2.69. The summed E-state index contributed by atoms with van der Waals surface area (Å²) in [5.74, 6) is -0.200. The van der Waals surface area contributed by atoms with Crippen LogP contribution in [0, 0.1) is 0 Å². The van der Waals surface area contributed by atoms with Crippen molar-refractivity contribution >= 4 is 28.4 Å². The Bertz CT molecular complexity index is 920. The smallest absolute Gasteiger partial charge is 0.336 e. The van der Waals surface area contributed by atoms with E-state index in [1.165, 1.54) is 0 Å². The van der Waals surface area contributed by atoms with Gasteiger partial charge in [0, 0.05) is 0 Å². The number of ether oxygens (including phenoxy) is 1. The lowest BCUT2D eigenvalue weighted by Crippen LogP contribution is -2.00. The third-order valence-corrected chi connectivity index (χ3v) is 3.95. The van der Waals surface area contributed by atoms with Gasteiger partial charge in [-0.2, -0.15) is 0 Å². The number of hydrogen-bond donors (Lipinski definition) is 1. The van der Waals surface area contributed by atoms with E-state index in [9.17, 15) is 9.90 Å². The standard InChI is InChI=1S/C22H20O3/c1-2-13-25-18-10-5-7-16(14-18)15-21(22(23)24)20-12-6-9-17-8-3-4-11-19(17)20/h3-12,14-15H,2,13H2,1H3,(H,23,24)/b21-15-. The predicted octanol–water partition coefficient (Wildman–Crippen LogP) is 5.25. The summed E-state index contributed by atoms with van der Waals surface area (Å²) < 4.78 is 5.64. The number of carboxylic acids is 1. The SMILES string of the molecule is CCCOc1cccc(/C=C(\C(=O)O)c2cccc3ccccc23)c1. The summed E-state index contributed by atoms with van der Waals surface area (Å²) in [5.41, 5.74) is 1.79. The molecule has 0 amide bonds. The Morgan fingerprint density at radius 3 is 2.60 bits per heavy atom. The van der Waals surface area contributed by atoms with Crippen LogP contribution in [-0.2, 0) is 4.79 Å². The van der Waals surface area contributed by atoms with Gasteiger partial charge in [0.05, 0.1) is 12.2 Å². The van der Waals surface area contributed by atoms with E-state index >= 15 is 0 Å². The fraction of sp³-hybridized carbons (Fsp3) is 0.136. The van der Waals surface area contributed by atoms with Gasteiger partial charge >= 0.3 is 5.97 Å². The molecule has 0 aliphatic rings. The average molecular weight is 332 g/mol. The maximum Gasteiger partial charge on any atom is 0.336 e. The molecule has 0 radical (unpaired) electrons. The minimum absolute atomic E-state index is 0.268. The minimum atomic E-state index is -0.948. The van der Waals surface area contributed by atoms with Crippen molar-refractivity contribution in [2.24, 2.45) is 0 Å². The van der Waals surface area contributed by atoms with Crippen LogP contribution in [0.1, 0.15) is 24.5 Å². The van der Waals surface area contributed by atoms with Crippen molar-refractivity contribution in [1.82, 2.24) is 0 Å². The first-order valence-corrected chi connectivity index (χ1v) is 8.35. The van der Waals surface area contributed by atoms with Crippen LogP contribution in [0.15, 0.2) is 66.7 Å². The zero-order chi connectivity index (χ0) is 17.6. The van der Waals surface area contributed by atoms with Crippen LogP contribution in [0.5, 0.6) is 5.75 Å². The number of benzene rings is 3. The Kier molecular flexibility index (Phi) is 5.14. The van der Waals surface area contributed by atoms with Gasteiger partial charge in [0.25, 0.3) is 0 Å². The van der Waals surface area contributed by atoms with Gasteiger partial charge in [-0.25, -0.2) is 4.79 Å². The summed E-state index contributed by atoms with van der Waals surface area (Å²) in [7, 11) is 0. The molecular weight excluding hydrogens is 312 g/mol. The highest BCUT2D eigenvalue weighted by molar-refractivity contribution is 6.23. The Labute approximate surface area is 147 Å². The van der Waals surface area contributed by atoms with Gasteiger partial charge in [0.15, 0.2) is 0 Å². The van der Waals surface area contributed by atoms with Crippen LogP contribution in [-0.4, -0.2) is 17.7 Å². The van der Waals surface area contributed by atoms with Crippen molar-refractivity contribution in [3.63, 3.8) is 0 Å². The van der Waals surface area contributed by atoms with Gasteiger partial charge in [0.1, 0.15) is 5.75 Å². The molecule has 3 heteroatoms. The normalized spacial score (nSPS) is 11.5. The van der Waals surface area contributed by atoms with Gasteiger partial charge in [-0.3, -0.25) is 0 Å². The van der Waals surface area contributed by atoms with E-state index in [0.29, 0.717) is 12.2 Å². The van der Waals surface area contributed by atoms with E-state index in [2.05, 4.69) is 0 Å². The van der Waals surface area contributed by atoms with E-state index < -0.39 is 5.97 Å². The monoisotopic (exact) mass is 332 g/mol. The Morgan fingerprint density at radius 1 is 1.04 bits per heavy atom. The first-order valence-electron chi connectivity index (χ1n) is 8.35. The molecule has 3 aromatic rings. The molecule has 0 saturated heterocycles.